The van der Waals surface area contributed by atoms with E-state index in [1.165, 1.54) is 0 Å². The Morgan fingerprint density at radius 1 is 1.41 bits per heavy atom. The lowest BCUT2D eigenvalue weighted by Crippen LogP contribution is -2.28. The van der Waals surface area contributed by atoms with Crippen LogP contribution in [-0.4, -0.2) is 29.6 Å². The summed E-state index contributed by atoms with van der Waals surface area (Å²) in [6, 6.07) is 6.04. The molecule has 1 aromatic carbocycles. The molecule has 5 heteroatoms. The van der Waals surface area contributed by atoms with Crippen LogP contribution < -0.4 is 0 Å². The molecular formula is C12H15Br2NO2. The van der Waals surface area contributed by atoms with Gasteiger partial charge in [-0.3, -0.25) is 4.79 Å². The maximum atomic E-state index is 10.7. The molecule has 0 amide bonds. The summed E-state index contributed by atoms with van der Waals surface area (Å²) < 4.78 is 2.03. The summed E-state index contributed by atoms with van der Waals surface area (Å²) in [4.78, 5) is 12.8. The molecule has 0 saturated carbocycles. The van der Waals surface area contributed by atoms with E-state index in [0.29, 0.717) is 6.54 Å². The van der Waals surface area contributed by atoms with Gasteiger partial charge in [0, 0.05) is 22.0 Å². The van der Waals surface area contributed by atoms with Crippen molar-refractivity contribution in [2.75, 3.05) is 13.6 Å². The van der Waals surface area contributed by atoms with Crippen molar-refractivity contribution in [2.24, 2.45) is 5.92 Å². The van der Waals surface area contributed by atoms with E-state index in [1.807, 2.05) is 30.1 Å². The molecule has 3 nitrogen and oxygen atoms in total. The van der Waals surface area contributed by atoms with Crippen LogP contribution in [0.1, 0.15) is 12.5 Å². The molecule has 0 spiro atoms. The first-order valence-corrected chi connectivity index (χ1v) is 6.84. The van der Waals surface area contributed by atoms with Crippen molar-refractivity contribution >= 4 is 37.8 Å². The Morgan fingerprint density at radius 3 is 2.59 bits per heavy atom. The Labute approximate surface area is 118 Å². The minimum Gasteiger partial charge on any atom is -0.481 e. The zero-order valence-corrected chi connectivity index (χ0v) is 13.0. The van der Waals surface area contributed by atoms with Crippen LogP contribution in [0.5, 0.6) is 0 Å². The lowest BCUT2D eigenvalue weighted by atomic mass is 10.1. The first-order chi connectivity index (χ1) is 7.90. The lowest BCUT2D eigenvalue weighted by Gasteiger charge is -2.19. The molecule has 0 fully saturated rings. The van der Waals surface area contributed by atoms with Gasteiger partial charge in [-0.1, -0.05) is 13.0 Å². The molecular weight excluding hydrogens is 350 g/mol. The highest BCUT2D eigenvalue weighted by Crippen LogP contribution is 2.24. The average Bonchev–Trinajstić information content (AvgIpc) is 2.23. The highest BCUT2D eigenvalue weighted by Gasteiger charge is 2.13. The summed E-state index contributed by atoms with van der Waals surface area (Å²) in [5.74, 6) is -1.10. The summed E-state index contributed by atoms with van der Waals surface area (Å²) in [5.41, 5.74) is 1.15. The van der Waals surface area contributed by atoms with Gasteiger partial charge in [0.2, 0.25) is 0 Å². The van der Waals surface area contributed by atoms with E-state index in [9.17, 15) is 4.79 Å². The Morgan fingerprint density at radius 2 is 2.06 bits per heavy atom. The largest absolute Gasteiger partial charge is 0.481 e. The van der Waals surface area contributed by atoms with Crippen molar-refractivity contribution in [3.8, 4) is 0 Å². The molecule has 0 saturated heterocycles. The van der Waals surface area contributed by atoms with Crippen molar-refractivity contribution in [3.05, 3.63) is 32.7 Å². The van der Waals surface area contributed by atoms with Gasteiger partial charge in [0.05, 0.1) is 5.92 Å². The van der Waals surface area contributed by atoms with Crippen LogP contribution in [0.2, 0.25) is 0 Å². The van der Waals surface area contributed by atoms with Gasteiger partial charge >= 0.3 is 5.97 Å². The fraction of sp³-hybridized carbons (Fsp3) is 0.417. The standard InChI is InChI=1S/C12H15Br2NO2/c1-8(12(16)17)6-15(2)7-9-3-4-10(13)11(14)5-9/h3-5,8H,6-7H2,1-2H3,(H,16,17). The smallest absolute Gasteiger partial charge is 0.307 e. The second-order valence-electron chi connectivity index (χ2n) is 4.18. The third kappa shape index (κ3) is 4.77. The van der Waals surface area contributed by atoms with Crippen LogP contribution in [0.3, 0.4) is 0 Å². The highest BCUT2D eigenvalue weighted by atomic mass is 79.9. The predicted octanol–water partition coefficient (Wildman–Crippen LogP) is 3.36. The summed E-state index contributed by atoms with van der Waals surface area (Å²) in [5, 5.41) is 8.84. The van der Waals surface area contributed by atoms with Crippen molar-refractivity contribution in [3.63, 3.8) is 0 Å². The monoisotopic (exact) mass is 363 g/mol. The SMILES string of the molecule is CC(CN(C)Cc1ccc(Br)c(Br)c1)C(=O)O. The number of hydrogen-bond donors (Lipinski definition) is 1. The van der Waals surface area contributed by atoms with E-state index in [0.717, 1.165) is 21.1 Å². The number of benzene rings is 1. The first-order valence-electron chi connectivity index (χ1n) is 5.25. The van der Waals surface area contributed by atoms with Crippen molar-refractivity contribution in [1.82, 2.24) is 4.90 Å². The molecule has 1 unspecified atom stereocenters. The summed E-state index contributed by atoms with van der Waals surface area (Å²) in [6.45, 7) is 3.00. The van der Waals surface area contributed by atoms with E-state index < -0.39 is 5.97 Å². The van der Waals surface area contributed by atoms with E-state index in [4.69, 9.17) is 5.11 Å². The quantitative estimate of drug-likeness (QED) is 0.870. The van der Waals surface area contributed by atoms with E-state index in [2.05, 4.69) is 31.9 Å². The number of nitrogens with zero attached hydrogens (tertiary/aromatic N) is 1. The topological polar surface area (TPSA) is 40.5 Å². The fourth-order valence-corrected chi connectivity index (χ4v) is 2.23. The number of rotatable bonds is 5. The van der Waals surface area contributed by atoms with E-state index >= 15 is 0 Å². The zero-order chi connectivity index (χ0) is 13.0. The Balaban J connectivity index is 2.58. The molecule has 0 aliphatic rings. The number of carboxylic acids is 1. The Hall–Kier alpha value is -0.390. The maximum absolute atomic E-state index is 10.7. The number of hydrogen-bond acceptors (Lipinski definition) is 2. The van der Waals surface area contributed by atoms with Gasteiger partial charge in [-0.25, -0.2) is 0 Å². The third-order valence-electron chi connectivity index (χ3n) is 2.44. The fourth-order valence-electron chi connectivity index (χ4n) is 1.56. The normalized spacial score (nSPS) is 12.8. The van der Waals surface area contributed by atoms with E-state index in [1.54, 1.807) is 6.92 Å². The van der Waals surface area contributed by atoms with Crippen LogP contribution in [0, 0.1) is 5.92 Å². The highest BCUT2D eigenvalue weighted by molar-refractivity contribution is 9.13. The number of halogens is 2. The van der Waals surface area contributed by atoms with Crippen molar-refractivity contribution in [1.29, 1.82) is 0 Å². The average molecular weight is 365 g/mol. The van der Waals surface area contributed by atoms with Crippen molar-refractivity contribution in [2.45, 2.75) is 13.5 Å². The molecule has 1 aromatic rings. The molecule has 0 heterocycles. The molecule has 17 heavy (non-hydrogen) atoms. The van der Waals surface area contributed by atoms with Gasteiger partial charge in [-0.2, -0.15) is 0 Å². The Kier molecular flexibility index (Phi) is 5.62. The van der Waals surface area contributed by atoms with Crippen molar-refractivity contribution < 1.29 is 9.90 Å². The molecule has 0 aliphatic heterocycles. The molecule has 1 rings (SSSR count). The number of carbonyl (C=O) groups is 1. The van der Waals surface area contributed by atoms with Gasteiger partial charge in [0.25, 0.3) is 0 Å². The molecule has 94 valence electrons. The second-order valence-corrected chi connectivity index (χ2v) is 5.89. The molecule has 0 aliphatic carbocycles. The number of carboxylic acid groups (broad SMARTS) is 1. The predicted molar refractivity (Wildman–Crippen MR) is 75.0 cm³/mol. The molecule has 0 aromatic heterocycles. The van der Waals surface area contributed by atoms with Crippen LogP contribution in [0.4, 0.5) is 0 Å². The van der Waals surface area contributed by atoms with Gasteiger partial charge in [-0.15, -0.1) is 0 Å². The molecule has 0 radical (unpaired) electrons. The van der Waals surface area contributed by atoms with Crippen LogP contribution >= 0.6 is 31.9 Å². The third-order valence-corrected chi connectivity index (χ3v) is 4.32. The zero-order valence-electron chi connectivity index (χ0n) is 9.78. The minimum atomic E-state index is -0.756. The molecule has 1 atom stereocenters. The second kappa shape index (κ2) is 6.52. The van der Waals surface area contributed by atoms with Crippen LogP contribution in [0.15, 0.2) is 27.1 Å². The van der Waals surface area contributed by atoms with Crippen LogP contribution in [-0.2, 0) is 11.3 Å². The molecule has 0 bridgehead atoms. The summed E-state index contributed by atoms with van der Waals surface area (Å²) in [6.07, 6.45) is 0. The Bertz CT molecular complexity index is 409. The van der Waals surface area contributed by atoms with Crippen LogP contribution in [0.25, 0.3) is 0 Å². The van der Waals surface area contributed by atoms with Gasteiger partial charge in [0.1, 0.15) is 0 Å². The number of aliphatic carboxylic acids is 1. The first kappa shape index (κ1) is 14.7. The van der Waals surface area contributed by atoms with Gasteiger partial charge in [-0.05, 0) is 56.6 Å². The summed E-state index contributed by atoms with van der Waals surface area (Å²) >= 11 is 6.87. The minimum absolute atomic E-state index is 0.348. The molecule has 1 N–H and O–H groups in total. The van der Waals surface area contributed by atoms with Gasteiger partial charge in [0.15, 0.2) is 0 Å². The maximum Gasteiger partial charge on any atom is 0.307 e. The van der Waals surface area contributed by atoms with Gasteiger partial charge < -0.3 is 10.0 Å². The summed E-state index contributed by atoms with van der Waals surface area (Å²) in [7, 11) is 1.93. The lowest BCUT2D eigenvalue weighted by molar-refractivity contribution is -0.141. The van der Waals surface area contributed by atoms with E-state index in [-0.39, 0.29) is 5.92 Å².